The van der Waals surface area contributed by atoms with Crippen LogP contribution in [0, 0.1) is 0 Å². The van der Waals surface area contributed by atoms with E-state index in [4.69, 9.17) is 4.43 Å². The van der Waals surface area contributed by atoms with E-state index < -0.39 is 9.76 Å². The molecule has 0 atom stereocenters. The van der Waals surface area contributed by atoms with Gasteiger partial charge >= 0.3 is 0 Å². The largest absolute Gasteiger partial charge is 0.406 e. The van der Waals surface area contributed by atoms with Gasteiger partial charge in [-0.3, -0.25) is 0 Å². The lowest BCUT2D eigenvalue weighted by Gasteiger charge is -2.19. The maximum absolute atomic E-state index is 6.27. The Morgan fingerprint density at radius 3 is 1.85 bits per heavy atom. The Balaban J connectivity index is 1.84. The summed E-state index contributed by atoms with van der Waals surface area (Å²) in [4.78, 5) is 3.23. The highest BCUT2D eigenvalue weighted by Gasteiger charge is 2.14. The number of rotatable bonds is 5. The van der Waals surface area contributed by atoms with E-state index in [1.165, 1.54) is 16.4 Å². The van der Waals surface area contributed by atoms with Crippen LogP contribution in [0.5, 0.6) is 0 Å². The molecule has 0 saturated heterocycles. The summed E-state index contributed by atoms with van der Waals surface area (Å²) in [6.45, 7) is 0. The van der Waals surface area contributed by atoms with Gasteiger partial charge in [0.05, 0.1) is 6.10 Å². The molecule has 0 aliphatic heterocycles. The number of H-pyrrole nitrogens is 1. The molecule has 0 saturated carbocycles. The first kappa shape index (κ1) is 12.9. The van der Waals surface area contributed by atoms with Crippen LogP contribution in [-0.4, -0.2) is 14.7 Å². The molecule has 100 valence electrons. The number of benzene rings is 2. The molecule has 1 heterocycles. The summed E-state index contributed by atoms with van der Waals surface area (Å²) in [7, 11) is -0.760. The molecule has 20 heavy (non-hydrogen) atoms. The zero-order valence-corrected chi connectivity index (χ0v) is 12.6. The molecule has 3 rings (SSSR count). The molecule has 2 nitrogen and oxygen atoms in total. The molecule has 0 radical (unpaired) electrons. The van der Waals surface area contributed by atoms with Crippen molar-refractivity contribution in [3.05, 3.63) is 90.1 Å². The van der Waals surface area contributed by atoms with Gasteiger partial charge in [0.1, 0.15) is 0 Å². The highest BCUT2D eigenvalue weighted by Crippen LogP contribution is 2.24. The first-order valence-corrected chi connectivity index (χ1v) is 8.06. The Morgan fingerprint density at radius 2 is 1.35 bits per heavy atom. The van der Waals surface area contributed by atoms with Gasteiger partial charge in [-0.1, -0.05) is 60.7 Å². The Bertz CT molecular complexity index is 583. The number of aromatic amines is 1. The third kappa shape index (κ3) is 3.07. The van der Waals surface area contributed by atoms with Crippen LogP contribution >= 0.6 is 0 Å². The van der Waals surface area contributed by atoms with Crippen molar-refractivity contribution < 1.29 is 4.43 Å². The van der Waals surface area contributed by atoms with Gasteiger partial charge in [-0.05, 0) is 23.3 Å². The van der Waals surface area contributed by atoms with Gasteiger partial charge in [0, 0.05) is 11.5 Å². The minimum atomic E-state index is -0.760. The minimum absolute atomic E-state index is 0.0207. The van der Waals surface area contributed by atoms with E-state index in [1.54, 1.807) is 0 Å². The maximum Gasteiger partial charge on any atom is 0.210 e. The monoisotopic (exact) mass is 279 g/mol. The molecule has 0 spiro atoms. The quantitative estimate of drug-likeness (QED) is 0.713. The second-order valence-electron chi connectivity index (χ2n) is 4.71. The van der Waals surface area contributed by atoms with Gasteiger partial charge in [-0.15, -0.1) is 0 Å². The van der Waals surface area contributed by atoms with Crippen molar-refractivity contribution in [3.8, 4) is 0 Å². The second-order valence-corrected chi connectivity index (χ2v) is 6.09. The molecule has 3 heteroatoms. The smallest absolute Gasteiger partial charge is 0.210 e. The van der Waals surface area contributed by atoms with E-state index in [0.29, 0.717) is 0 Å². The van der Waals surface area contributed by atoms with Crippen molar-refractivity contribution in [2.75, 3.05) is 0 Å². The first-order valence-electron chi connectivity index (χ1n) is 6.77. The van der Waals surface area contributed by atoms with E-state index in [-0.39, 0.29) is 6.10 Å². The molecule has 1 N–H and O–H groups in total. The molecule has 2 aromatic carbocycles. The zero-order chi connectivity index (χ0) is 13.6. The molecule has 0 aliphatic carbocycles. The summed E-state index contributed by atoms with van der Waals surface area (Å²) in [6, 6.07) is 24.9. The van der Waals surface area contributed by atoms with Crippen LogP contribution in [0.15, 0.2) is 79.0 Å². The number of hydrogen-bond acceptors (Lipinski definition) is 1. The van der Waals surface area contributed by atoms with Gasteiger partial charge in [-0.25, -0.2) is 0 Å². The number of hydrogen-bond donors (Lipinski definition) is 1. The van der Waals surface area contributed by atoms with E-state index in [1.807, 2.05) is 24.4 Å². The van der Waals surface area contributed by atoms with Crippen LogP contribution in [0.3, 0.4) is 0 Å². The molecular weight excluding hydrogens is 262 g/mol. The summed E-state index contributed by atoms with van der Waals surface area (Å²) in [5.41, 5.74) is 2.41. The third-order valence-electron chi connectivity index (χ3n) is 3.27. The Hall–Kier alpha value is -2.10. The standard InChI is InChI=1S/C17H17NOSi/c1-3-8-14(9-4-1)17(15-10-5-2-6-11-15)19-20-16-12-7-13-18-16/h1-13,17-18H,20H2. The molecule has 0 amide bonds. The fraction of sp³-hybridized carbons (Fsp3) is 0.0588. The van der Waals surface area contributed by atoms with Gasteiger partial charge in [-0.2, -0.15) is 0 Å². The second kappa shape index (κ2) is 6.37. The van der Waals surface area contributed by atoms with E-state index >= 15 is 0 Å². The molecule has 0 unspecified atom stereocenters. The van der Waals surface area contributed by atoms with Crippen LogP contribution in [0.4, 0.5) is 0 Å². The van der Waals surface area contributed by atoms with Gasteiger partial charge < -0.3 is 9.41 Å². The SMILES string of the molecule is c1ccc(C(O[SiH2]c2ccc[nH]2)c2ccccc2)cc1. The fourth-order valence-electron chi connectivity index (χ4n) is 2.27. The molecule has 0 bridgehead atoms. The molecule has 0 aliphatic rings. The van der Waals surface area contributed by atoms with Gasteiger partial charge in [0.25, 0.3) is 0 Å². The molecule has 1 aromatic heterocycles. The average Bonchev–Trinajstić information content (AvgIpc) is 3.03. The van der Waals surface area contributed by atoms with Crippen LogP contribution < -0.4 is 5.32 Å². The number of nitrogens with one attached hydrogen (secondary N) is 1. The Morgan fingerprint density at radius 1 is 0.750 bits per heavy atom. The predicted octanol–water partition coefficient (Wildman–Crippen LogP) is 2.53. The van der Waals surface area contributed by atoms with Crippen LogP contribution in [-0.2, 0) is 4.43 Å². The lowest BCUT2D eigenvalue weighted by atomic mass is 10.0. The van der Waals surface area contributed by atoms with Crippen molar-refractivity contribution in [3.63, 3.8) is 0 Å². The summed E-state index contributed by atoms with van der Waals surface area (Å²) in [5, 5.41) is 1.22. The summed E-state index contributed by atoms with van der Waals surface area (Å²) in [5.74, 6) is 0. The third-order valence-corrected chi connectivity index (χ3v) is 4.52. The summed E-state index contributed by atoms with van der Waals surface area (Å²) < 4.78 is 6.27. The fourth-order valence-corrected chi connectivity index (χ4v) is 3.44. The van der Waals surface area contributed by atoms with E-state index in [9.17, 15) is 0 Å². The van der Waals surface area contributed by atoms with Crippen molar-refractivity contribution in [2.45, 2.75) is 6.10 Å². The van der Waals surface area contributed by atoms with Crippen LogP contribution in [0.25, 0.3) is 0 Å². The van der Waals surface area contributed by atoms with Crippen molar-refractivity contribution in [1.82, 2.24) is 4.98 Å². The van der Waals surface area contributed by atoms with E-state index in [0.717, 1.165) is 0 Å². The molecule has 0 fully saturated rings. The average molecular weight is 279 g/mol. The Labute approximate surface area is 121 Å². The zero-order valence-electron chi connectivity index (χ0n) is 11.2. The van der Waals surface area contributed by atoms with Crippen molar-refractivity contribution in [1.29, 1.82) is 0 Å². The number of aromatic nitrogens is 1. The predicted molar refractivity (Wildman–Crippen MR) is 84.8 cm³/mol. The van der Waals surface area contributed by atoms with Gasteiger partial charge in [0.2, 0.25) is 9.76 Å². The first-order chi connectivity index (χ1) is 9.93. The van der Waals surface area contributed by atoms with Gasteiger partial charge in [0.15, 0.2) is 0 Å². The highest BCUT2D eigenvalue weighted by molar-refractivity contribution is 6.45. The maximum atomic E-state index is 6.27. The normalized spacial score (nSPS) is 11.4. The van der Waals surface area contributed by atoms with Crippen LogP contribution in [0.1, 0.15) is 17.2 Å². The summed E-state index contributed by atoms with van der Waals surface area (Å²) in [6.07, 6.45) is 1.97. The van der Waals surface area contributed by atoms with Crippen molar-refractivity contribution in [2.24, 2.45) is 0 Å². The minimum Gasteiger partial charge on any atom is -0.406 e. The summed E-state index contributed by atoms with van der Waals surface area (Å²) >= 11 is 0. The highest BCUT2D eigenvalue weighted by atomic mass is 28.2. The topological polar surface area (TPSA) is 25.0 Å². The van der Waals surface area contributed by atoms with E-state index in [2.05, 4.69) is 59.6 Å². The molecule has 3 aromatic rings. The molecular formula is C17H17NOSi. The Kier molecular flexibility index (Phi) is 4.11. The lowest BCUT2D eigenvalue weighted by molar-refractivity contribution is 0.266. The van der Waals surface area contributed by atoms with Crippen molar-refractivity contribution >= 4 is 15.1 Å². The van der Waals surface area contributed by atoms with Crippen LogP contribution in [0.2, 0.25) is 0 Å². The lowest BCUT2D eigenvalue weighted by Crippen LogP contribution is -2.21.